The van der Waals surface area contributed by atoms with E-state index in [1.807, 2.05) is 0 Å². The molecule has 7 nitrogen and oxygen atoms in total. The third-order valence-corrected chi connectivity index (χ3v) is 4.18. The maximum atomic E-state index is 12.3. The molecule has 8 heteroatoms. The van der Waals surface area contributed by atoms with Gasteiger partial charge < -0.3 is 20.4 Å². The van der Waals surface area contributed by atoms with Gasteiger partial charge in [0.05, 0.1) is 11.0 Å². The quantitative estimate of drug-likeness (QED) is 0.720. The molecular formula is C13H16N2O5S. The molecule has 2 heterocycles. The lowest BCUT2D eigenvalue weighted by Gasteiger charge is -2.25. The summed E-state index contributed by atoms with van der Waals surface area (Å²) in [6, 6.07) is 1.46. The van der Waals surface area contributed by atoms with E-state index in [-0.39, 0.29) is 18.9 Å². The minimum absolute atomic E-state index is 0.00661. The largest absolute Gasteiger partial charge is 0.480 e. The van der Waals surface area contributed by atoms with E-state index in [4.69, 9.17) is 5.11 Å². The number of β-amino-alcohol motifs (C(OH)–C–C–N with tert-alkyl or cyclic N) is 1. The second kappa shape index (κ2) is 6.23. The predicted molar refractivity (Wildman–Crippen MR) is 75.0 cm³/mol. The van der Waals surface area contributed by atoms with Gasteiger partial charge >= 0.3 is 5.97 Å². The molecule has 1 aromatic heterocycles. The molecule has 2 rings (SSSR count). The molecule has 3 N–H and O–H groups in total. The van der Waals surface area contributed by atoms with Crippen molar-refractivity contribution in [3.8, 4) is 0 Å². The molecule has 1 aromatic rings. The number of nitrogens with one attached hydrogen (secondary N) is 1. The van der Waals surface area contributed by atoms with E-state index < -0.39 is 30.1 Å². The third kappa shape index (κ3) is 3.40. The molecule has 3 atom stereocenters. The molecule has 0 aromatic carbocycles. The Morgan fingerprint density at radius 3 is 2.76 bits per heavy atom. The number of nitrogens with zero attached hydrogens (tertiary/aromatic N) is 1. The second-order valence-corrected chi connectivity index (χ2v) is 5.85. The van der Waals surface area contributed by atoms with Crippen LogP contribution in [0.3, 0.4) is 0 Å². The predicted octanol–water partition coefficient (Wildman–Crippen LogP) is -0.0872. The number of likely N-dealkylation sites (tertiary alicyclic amines) is 1. The Morgan fingerprint density at radius 1 is 1.48 bits per heavy atom. The van der Waals surface area contributed by atoms with Crippen molar-refractivity contribution >= 4 is 29.1 Å². The number of amides is 2. The van der Waals surface area contributed by atoms with Crippen LogP contribution >= 0.6 is 11.3 Å². The Balaban J connectivity index is 2.02. The summed E-state index contributed by atoms with van der Waals surface area (Å²) in [5, 5.41) is 22.9. The summed E-state index contributed by atoms with van der Waals surface area (Å²) in [6.07, 6.45) is -0.845. The number of hydrogen-bond acceptors (Lipinski definition) is 5. The first-order valence-corrected chi connectivity index (χ1v) is 7.34. The molecule has 2 amide bonds. The number of carbonyl (C=O) groups is 3. The van der Waals surface area contributed by atoms with E-state index in [1.54, 1.807) is 17.5 Å². The van der Waals surface area contributed by atoms with Crippen LogP contribution in [0.4, 0.5) is 0 Å². The van der Waals surface area contributed by atoms with Crippen LogP contribution in [0.2, 0.25) is 0 Å². The van der Waals surface area contributed by atoms with Crippen molar-refractivity contribution in [1.29, 1.82) is 0 Å². The highest BCUT2D eigenvalue weighted by Crippen LogP contribution is 2.19. The van der Waals surface area contributed by atoms with Gasteiger partial charge in [0.15, 0.2) is 0 Å². The van der Waals surface area contributed by atoms with Gasteiger partial charge in [0.1, 0.15) is 12.1 Å². The molecule has 0 radical (unpaired) electrons. The SMILES string of the molecule is CC(NC(=O)c1cccs1)C(=O)N1CC(O)C[C@H]1C(=O)O. The first-order chi connectivity index (χ1) is 9.90. The van der Waals surface area contributed by atoms with Crippen LogP contribution in [0.15, 0.2) is 17.5 Å². The van der Waals surface area contributed by atoms with E-state index in [2.05, 4.69) is 5.32 Å². The fraction of sp³-hybridized carbons (Fsp3) is 0.462. The molecule has 0 spiro atoms. The highest BCUT2D eigenvalue weighted by Gasteiger charge is 2.40. The smallest absolute Gasteiger partial charge is 0.326 e. The lowest BCUT2D eigenvalue weighted by molar-refractivity contribution is -0.148. The monoisotopic (exact) mass is 312 g/mol. The first kappa shape index (κ1) is 15.5. The number of thiophene rings is 1. The van der Waals surface area contributed by atoms with E-state index in [0.29, 0.717) is 4.88 Å². The average Bonchev–Trinajstić information content (AvgIpc) is 3.06. The van der Waals surface area contributed by atoms with Gasteiger partial charge in [0.2, 0.25) is 5.91 Å². The molecular weight excluding hydrogens is 296 g/mol. The van der Waals surface area contributed by atoms with Crippen molar-refractivity contribution in [2.24, 2.45) is 0 Å². The highest BCUT2D eigenvalue weighted by molar-refractivity contribution is 7.12. The molecule has 0 bridgehead atoms. The summed E-state index contributed by atoms with van der Waals surface area (Å²) in [6.45, 7) is 1.46. The zero-order valence-corrected chi connectivity index (χ0v) is 12.2. The zero-order chi connectivity index (χ0) is 15.6. The number of carboxylic acids is 1. The van der Waals surface area contributed by atoms with Crippen molar-refractivity contribution in [2.45, 2.75) is 31.5 Å². The van der Waals surface area contributed by atoms with Gasteiger partial charge in [0, 0.05) is 13.0 Å². The maximum absolute atomic E-state index is 12.3. The molecule has 1 fully saturated rings. The van der Waals surface area contributed by atoms with Gasteiger partial charge in [0.25, 0.3) is 5.91 Å². The standard InChI is InChI=1S/C13H16N2O5S/c1-7(14-11(17)10-3-2-4-21-10)12(18)15-6-8(16)5-9(15)13(19)20/h2-4,7-9,16H,5-6H2,1H3,(H,14,17)(H,19,20)/t7?,8?,9-/m0/s1. The lowest BCUT2D eigenvalue weighted by atomic mass is 10.2. The topological polar surface area (TPSA) is 107 Å². The van der Waals surface area contributed by atoms with Crippen LogP contribution in [0.1, 0.15) is 23.0 Å². The summed E-state index contributed by atoms with van der Waals surface area (Å²) in [4.78, 5) is 36.8. The Bertz CT molecular complexity index is 545. The van der Waals surface area contributed by atoms with Crippen LogP contribution in [0, 0.1) is 0 Å². The maximum Gasteiger partial charge on any atom is 0.326 e. The molecule has 114 valence electrons. The van der Waals surface area contributed by atoms with Crippen molar-refractivity contribution in [3.63, 3.8) is 0 Å². The molecule has 0 saturated carbocycles. The highest BCUT2D eigenvalue weighted by atomic mass is 32.1. The number of aliphatic carboxylic acids is 1. The molecule has 1 aliphatic heterocycles. The Labute approximate surface area is 125 Å². The van der Waals surface area contributed by atoms with Crippen molar-refractivity contribution in [3.05, 3.63) is 22.4 Å². The van der Waals surface area contributed by atoms with Crippen LogP contribution in [0.5, 0.6) is 0 Å². The number of hydrogen-bond donors (Lipinski definition) is 3. The molecule has 21 heavy (non-hydrogen) atoms. The fourth-order valence-corrected chi connectivity index (χ4v) is 2.90. The van der Waals surface area contributed by atoms with Gasteiger partial charge in [-0.05, 0) is 18.4 Å². The number of rotatable bonds is 4. The summed E-state index contributed by atoms with van der Waals surface area (Å²) in [5.74, 6) is -2.04. The summed E-state index contributed by atoms with van der Waals surface area (Å²) >= 11 is 1.25. The van der Waals surface area contributed by atoms with Crippen LogP contribution in [0.25, 0.3) is 0 Å². The summed E-state index contributed by atoms with van der Waals surface area (Å²) < 4.78 is 0. The van der Waals surface area contributed by atoms with Gasteiger partial charge in [-0.3, -0.25) is 9.59 Å². The third-order valence-electron chi connectivity index (χ3n) is 3.31. The van der Waals surface area contributed by atoms with Gasteiger partial charge in [-0.2, -0.15) is 0 Å². The van der Waals surface area contributed by atoms with E-state index in [1.165, 1.54) is 18.3 Å². The zero-order valence-electron chi connectivity index (χ0n) is 11.4. The molecule has 2 unspecified atom stereocenters. The van der Waals surface area contributed by atoms with E-state index >= 15 is 0 Å². The van der Waals surface area contributed by atoms with Gasteiger partial charge in [-0.25, -0.2) is 4.79 Å². The normalized spacial score (nSPS) is 22.9. The molecule has 0 aliphatic carbocycles. The lowest BCUT2D eigenvalue weighted by Crippen LogP contribution is -2.50. The molecule has 1 aliphatic rings. The number of aliphatic hydroxyl groups is 1. The van der Waals surface area contributed by atoms with Crippen LogP contribution in [-0.4, -0.2) is 57.6 Å². The summed E-state index contributed by atoms with van der Waals surface area (Å²) in [5.41, 5.74) is 0. The van der Waals surface area contributed by atoms with E-state index in [0.717, 1.165) is 4.90 Å². The number of aliphatic hydroxyl groups excluding tert-OH is 1. The van der Waals surface area contributed by atoms with Gasteiger partial charge in [-0.15, -0.1) is 11.3 Å². The van der Waals surface area contributed by atoms with Crippen LogP contribution < -0.4 is 5.32 Å². The number of carboxylic acid groups (broad SMARTS) is 1. The van der Waals surface area contributed by atoms with Crippen molar-refractivity contribution in [1.82, 2.24) is 10.2 Å². The number of carbonyl (C=O) groups excluding carboxylic acids is 2. The molecule has 1 saturated heterocycles. The Morgan fingerprint density at radius 2 is 2.19 bits per heavy atom. The fourth-order valence-electron chi connectivity index (χ4n) is 2.28. The van der Waals surface area contributed by atoms with Crippen molar-refractivity contribution in [2.75, 3.05) is 6.54 Å². The average molecular weight is 312 g/mol. The second-order valence-electron chi connectivity index (χ2n) is 4.91. The Hall–Kier alpha value is -1.93. The first-order valence-electron chi connectivity index (χ1n) is 6.46. The van der Waals surface area contributed by atoms with Gasteiger partial charge in [-0.1, -0.05) is 6.07 Å². The Kier molecular flexibility index (Phi) is 4.59. The minimum atomic E-state index is -1.16. The van der Waals surface area contributed by atoms with Crippen molar-refractivity contribution < 1.29 is 24.6 Å². The summed E-state index contributed by atoms with van der Waals surface area (Å²) in [7, 11) is 0. The van der Waals surface area contributed by atoms with Crippen LogP contribution in [-0.2, 0) is 9.59 Å². The minimum Gasteiger partial charge on any atom is -0.480 e. The van der Waals surface area contributed by atoms with E-state index in [9.17, 15) is 19.5 Å².